The first kappa shape index (κ1) is 9.47. The highest BCUT2D eigenvalue weighted by Crippen LogP contribution is 1.87. The standard InChI is InChI=1S/C8H11N3O2/c1-9-4-2-3-6-5-7(12)10-11-8(6)13/h2-3,5,9H,4H2,1H3,(H,10,12)(H,11,13). The minimum atomic E-state index is -0.316. The maximum absolute atomic E-state index is 11.1. The third-order valence-corrected chi connectivity index (χ3v) is 1.47. The second-order valence-corrected chi connectivity index (χ2v) is 2.50. The Balaban J connectivity index is 2.94. The van der Waals surface area contributed by atoms with Gasteiger partial charge in [0, 0.05) is 18.2 Å². The van der Waals surface area contributed by atoms with Crippen molar-refractivity contribution in [3.05, 3.63) is 38.4 Å². The van der Waals surface area contributed by atoms with Gasteiger partial charge >= 0.3 is 0 Å². The van der Waals surface area contributed by atoms with Gasteiger partial charge in [-0.25, -0.2) is 0 Å². The Kier molecular flexibility index (Phi) is 3.22. The van der Waals surface area contributed by atoms with E-state index in [9.17, 15) is 9.59 Å². The molecule has 1 aromatic rings. The lowest BCUT2D eigenvalue weighted by Crippen LogP contribution is -2.19. The Labute approximate surface area is 74.5 Å². The molecule has 0 aliphatic carbocycles. The summed E-state index contributed by atoms with van der Waals surface area (Å²) in [5.74, 6) is 0. The van der Waals surface area contributed by atoms with Crippen molar-refractivity contribution in [3.63, 3.8) is 0 Å². The first-order valence-corrected chi connectivity index (χ1v) is 3.87. The molecule has 0 aliphatic rings. The molecule has 0 fully saturated rings. The number of aromatic amines is 2. The van der Waals surface area contributed by atoms with E-state index in [1.54, 1.807) is 19.2 Å². The number of hydrogen-bond acceptors (Lipinski definition) is 3. The molecule has 1 aromatic heterocycles. The summed E-state index contributed by atoms with van der Waals surface area (Å²) >= 11 is 0. The van der Waals surface area contributed by atoms with Gasteiger partial charge in [-0.3, -0.25) is 19.8 Å². The van der Waals surface area contributed by atoms with Crippen LogP contribution in [0, 0.1) is 0 Å². The van der Waals surface area contributed by atoms with Gasteiger partial charge in [-0.05, 0) is 7.05 Å². The maximum Gasteiger partial charge on any atom is 0.269 e. The van der Waals surface area contributed by atoms with Crippen LogP contribution >= 0.6 is 0 Å². The number of nitrogens with one attached hydrogen (secondary N) is 3. The zero-order chi connectivity index (χ0) is 9.68. The van der Waals surface area contributed by atoms with Crippen molar-refractivity contribution in [2.75, 3.05) is 13.6 Å². The van der Waals surface area contributed by atoms with Crippen LogP contribution in [0.25, 0.3) is 6.08 Å². The molecule has 0 atom stereocenters. The van der Waals surface area contributed by atoms with E-state index in [-0.39, 0.29) is 11.1 Å². The molecule has 0 saturated carbocycles. The smallest absolute Gasteiger partial charge is 0.269 e. The zero-order valence-electron chi connectivity index (χ0n) is 7.26. The highest BCUT2D eigenvalue weighted by molar-refractivity contribution is 5.46. The number of aromatic nitrogens is 2. The molecule has 5 nitrogen and oxygen atoms in total. The molecule has 5 heteroatoms. The van der Waals surface area contributed by atoms with Crippen LogP contribution < -0.4 is 16.4 Å². The lowest BCUT2D eigenvalue weighted by Gasteiger charge is -1.90. The molecule has 13 heavy (non-hydrogen) atoms. The van der Waals surface area contributed by atoms with Gasteiger partial charge in [-0.1, -0.05) is 12.2 Å². The van der Waals surface area contributed by atoms with Crippen molar-refractivity contribution in [3.8, 4) is 0 Å². The average molecular weight is 181 g/mol. The van der Waals surface area contributed by atoms with Gasteiger partial charge in [0.15, 0.2) is 0 Å². The minimum absolute atomic E-state index is 0.299. The summed E-state index contributed by atoms with van der Waals surface area (Å²) in [4.78, 5) is 21.9. The summed E-state index contributed by atoms with van der Waals surface area (Å²) < 4.78 is 0. The molecule has 0 unspecified atom stereocenters. The second-order valence-electron chi connectivity index (χ2n) is 2.50. The lowest BCUT2D eigenvalue weighted by atomic mass is 10.3. The Hall–Kier alpha value is -1.62. The lowest BCUT2D eigenvalue weighted by molar-refractivity contribution is 0.920. The van der Waals surface area contributed by atoms with Gasteiger partial charge in [0.2, 0.25) is 0 Å². The van der Waals surface area contributed by atoms with Crippen LogP contribution in [0.2, 0.25) is 0 Å². The molecule has 0 spiro atoms. The Morgan fingerprint density at radius 1 is 1.46 bits per heavy atom. The van der Waals surface area contributed by atoms with Crippen molar-refractivity contribution in [2.24, 2.45) is 0 Å². The molecular weight excluding hydrogens is 170 g/mol. The third-order valence-electron chi connectivity index (χ3n) is 1.47. The van der Waals surface area contributed by atoms with E-state index in [0.717, 1.165) is 0 Å². The number of H-pyrrole nitrogens is 2. The van der Waals surface area contributed by atoms with Crippen molar-refractivity contribution >= 4 is 6.08 Å². The van der Waals surface area contributed by atoms with E-state index < -0.39 is 0 Å². The van der Waals surface area contributed by atoms with Crippen LogP contribution in [0.5, 0.6) is 0 Å². The number of likely N-dealkylation sites (N-methyl/N-ethyl adjacent to an activating group) is 1. The molecule has 0 aliphatic heterocycles. The molecular formula is C8H11N3O2. The molecule has 3 N–H and O–H groups in total. The van der Waals surface area contributed by atoms with Gasteiger partial charge in [-0.2, -0.15) is 0 Å². The Morgan fingerprint density at radius 2 is 2.23 bits per heavy atom. The normalized spacial score (nSPS) is 10.8. The highest BCUT2D eigenvalue weighted by atomic mass is 16.1. The van der Waals surface area contributed by atoms with Crippen LogP contribution in [0.3, 0.4) is 0 Å². The van der Waals surface area contributed by atoms with Crippen molar-refractivity contribution in [1.29, 1.82) is 0 Å². The van der Waals surface area contributed by atoms with Crippen molar-refractivity contribution in [2.45, 2.75) is 0 Å². The van der Waals surface area contributed by atoms with Crippen LogP contribution in [-0.4, -0.2) is 23.8 Å². The SMILES string of the molecule is CNCC=Cc1cc(=O)[nH][nH]c1=O. The topological polar surface area (TPSA) is 77.8 Å². The predicted molar refractivity (Wildman–Crippen MR) is 50.6 cm³/mol. The van der Waals surface area contributed by atoms with E-state index in [1.165, 1.54) is 6.07 Å². The van der Waals surface area contributed by atoms with Crippen LogP contribution in [0.15, 0.2) is 21.7 Å². The van der Waals surface area contributed by atoms with Crippen molar-refractivity contribution in [1.82, 2.24) is 15.5 Å². The Bertz CT molecular complexity index is 402. The second kappa shape index (κ2) is 4.42. The van der Waals surface area contributed by atoms with E-state index in [0.29, 0.717) is 12.1 Å². The molecule has 0 saturated heterocycles. The summed E-state index contributed by atoms with van der Waals surface area (Å²) in [7, 11) is 1.80. The van der Waals surface area contributed by atoms with Crippen LogP contribution in [0.1, 0.15) is 5.56 Å². The van der Waals surface area contributed by atoms with Gasteiger partial charge < -0.3 is 5.32 Å². The quantitative estimate of drug-likeness (QED) is 0.576. The molecule has 0 aromatic carbocycles. The molecule has 0 amide bonds. The number of rotatable bonds is 3. The molecule has 1 heterocycles. The van der Waals surface area contributed by atoms with Gasteiger partial charge in [-0.15, -0.1) is 0 Å². The monoisotopic (exact) mass is 181 g/mol. The summed E-state index contributed by atoms with van der Waals surface area (Å²) in [6, 6.07) is 1.25. The van der Waals surface area contributed by atoms with Crippen LogP contribution in [0.4, 0.5) is 0 Å². The maximum atomic E-state index is 11.1. The fraction of sp³-hybridized carbons (Fsp3) is 0.250. The minimum Gasteiger partial charge on any atom is -0.316 e. The number of hydrogen-bond donors (Lipinski definition) is 3. The highest BCUT2D eigenvalue weighted by Gasteiger charge is 1.93. The third kappa shape index (κ3) is 2.72. The van der Waals surface area contributed by atoms with Gasteiger partial charge in [0.1, 0.15) is 0 Å². The summed E-state index contributed by atoms with van der Waals surface area (Å²) in [6.45, 7) is 0.659. The summed E-state index contributed by atoms with van der Waals surface area (Å²) in [5.41, 5.74) is -0.255. The van der Waals surface area contributed by atoms with Gasteiger partial charge in [0.25, 0.3) is 11.1 Å². The predicted octanol–water partition coefficient (Wildman–Crippen LogP) is -0.704. The van der Waals surface area contributed by atoms with Crippen LogP contribution in [-0.2, 0) is 0 Å². The van der Waals surface area contributed by atoms with Crippen molar-refractivity contribution < 1.29 is 0 Å². The van der Waals surface area contributed by atoms with E-state index in [2.05, 4.69) is 15.5 Å². The summed E-state index contributed by atoms with van der Waals surface area (Å²) in [5, 5.41) is 7.31. The van der Waals surface area contributed by atoms with E-state index in [4.69, 9.17) is 0 Å². The molecule has 0 bridgehead atoms. The van der Waals surface area contributed by atoms with E-state index in [1.807, 2.05) is 0 Å². The van der Waals surface area contributed by atoms with E-state index >= 15 is 0 Å². The first-order valence-electron chi connectivity index (χ1n) is 3.87. The molecule has 0 radical (unpaired) electrons. The van der Waals surface area contributed by atoms with Gasteiger partial charge in [0.05, 0.1) is 0 Å². The first-order chi connectivity index (χ1) is 6.24. The Morgan fingerprint density at radius 3 is 2.92 bits per heavy atom. The fourth-order valence-electron chi connectivity index (χ4n) is 0.861. The largest absolute Gasteiger partial charge is 0.316 e. The zero-order valence-corrected chi connectivity index (χ0v) is 7.26. The molecule has 70 valence electrons. The fourth-order valence-corrected chi connectivity index (χ4v) is 0.861. The average Bonchev–Trinajstić information content (AvgIpc) is 2.11. The molecule has 1 rings (SSSR count). The summed E-state index contributed by atoms with van der Waals surface area (Å²) in [6.07, 6.45) is 3.37.